The van der Waals surface area contributed by atoms with E-state index in [1.165, 1.54) is 0 Å². The molecule has 0 atom stereocenters. The van der Waals surface area contributed by atoms with Gasteiger partial charge in [0.1, 0.15) is 0 Å². The van der Waals surface area contributed by atoms with Crippen molar-refractivity contribution in [3.63, 3.8) is 0 Å². The van der Waals surface area contributed by atoms with Gasteiger partial charge in [0.05, 0.1) is 5.69 Å². The summed E-state index contributed by atoms with van der Waals surface area (Å²) in [5.74, 6) is 5.21. The minimum absolute atomic E-state index is 0.221. The molecule has 1 aromatic heterocycles. The Morgan fingerprint density at radius 3 is 3.00 bits per heavy atom. The number of hydrazine groups is 1. The van der Waals surface area contributed by atoms with Crippen LogP contribution in [-0.4, -0.2) is 5.96 Å². The predicted molar refractivity (Wildman–Crippen MR) is 42.9 cm³/mol. The summed E-state index contributed by atoms with van der Waals surface area (Å²) in [6.45, 7) is 0. The average molecular weight is 156 g/mol. The first-order valence-electron chi connectivity index (χ1n) is 2.66. The quantitative estimate of drug-likeness (QED) is 0.234. The van der Waals surface area contributed by atoms with Crippen molar-refractivity contribution in [3.05, 3.63) is 16.8 Å². The van der Waals surface area contributed by atoms with Crippen molar-refractivity contribution in [2.75, 3.05) is 0 Å². The standard InChI is InChI=1S/C5H8N4S/c6-5(9-7)8-4-1-2-10-3-4/h1-3H,7H2,(H3,6,8,9). The van der Waals surface area contributed by atoms with Crippen molar-refractivity contribution < 1.29 is 0 Å². The first-order valence-corrected chi connectivity index (χ1v) is 3.60. The molecule has 0 aliphatic rings. The zero-order valence-corrected chi connectivity index (χ0v) is 6.06. The van der Waals surface area contributed by atoms with Gasteiger partial charge in [-0.25, -0.2) is 10.8 Å². The van der Waals surface area contributed by atoms with Crippen LogP contribution in [0.4, 0.5) is 5.69 Å². The molecule has 5 heteroatoms. The molecule has 0 saturated heterocycles. The topological polar surface area (TPSA) is 76.4 Å². The van der Waals surface area contributed by atoms with Gasteiger partial charge >= 0.3 is 0 Å². The van der Waals surface area contributed by atoms with Crippen LogP contribution >= 0.6 is 11.3 Å². The minimum atomic E-state index is 0.221. The Bertz CT molecular complexity index is 216. The van der Waals surface area contributed by atoms with Gasteiger partial charge in [-0.1, -0.05) is 0 Å². The maximum atomic E-state index is 5.28. The molecule has 0 aliphatic carbocycles. The zero-order valence-electron chi connectivity index (χ0n) is 5.24. The Labute approximate surface area is 62.5 Å². The van der Waals surface area contributed by atoms with Crippen LogP contribution in [0.3, 0.4) is 0 Å². The summed E-state index contributed by atoms with van der Waals surface area (Å²) >= 11 is 1.56. The fourth-order valence-electron chi connectivity index (χ4n) is 0.492. The van der Waals surface area contributed by atoms with Crippen LogP contribution in [0.2, 0.25) is 0 Å². The molecule has 1 rings (SSSR count). The molecule has 54 valence electrons. The van der Waals surface area contributed by atoms with Gasteiger partial charge in [0.2, 0.25) is 5.96 Å². The van der Waals surface area contributed by atoms with Gasteiger partial charge in [-0.15, -0.1) is 0 Å². The summed E-state index contributed by atoms with van der Waals surface area (Å²) in [6, 6.07) is 1.86. The molecule has 1 aromatic rings. The van der Waals surface area contributed by atoms with Gasteiger partial charge in [0.25, 0.3) is 0 Å². The van der Waals surface area contributed by atoms with Crippen molar-refractivity contribution >= 4 is 23.0 Å². The summed E-state index contributed by atoms with van der Waals surface area (Å²) in [4.78, 5) is 3.91. The van der Waals surface area contributed by atoms with E-state index < -0.39 is 0 Å². The molecule has 0 fully saturated rings. The van der Waals surface area contributed by atoms with E-state index in [1.807, 2.05) is 16.8 Å². The summed E-state index contributed by atoms with van der Waals surface area (Å²) < 4.78 is 0. The van der Waals surface area contributed by atoms with Crippen molar-refractivity contribution in [1.82, 2.24) is 5.43 Å². The van der Waals surface area contributed by atoms with E-state index in [0.29, 0.717) is 0 Å². The van der Waals surface area contributed by atoms with E-state index in [2.05, 4.69) is 10.4 Å². The van der Waals surface area contributed by atoms with Crippen molar-refractivity contribution in [2.24, 2.45) is 16.6 Å². The molecule has 0 radical (unpaired) electrons. The Balaban J connectivity index is 2.71. The number of hydrogen-bond donors (Lipinski definition) is 3. The number of nitrogens with two attached hydrogens (primary N) is 2. The molecule has 0 amide bonds. The first-order chi connectivity index (χ1) is 4.83. The second-order valence-corrected chi connectivity index (χ2v) is 2.40. The van der Waals surface area contributed by atoms with Gasteiger partial charge in [0, 0.05) is 5.38 Å². The maximum absolute atomic E-state index is 5.28. The van der Waals surface area contributed by atoms with Gasteiger partial charge in [-0.3, -0.25) is 5.43 Å². The van der Waals surface area contributed by atoms with Gasteiger partial charge < -0.3 is 5.73 Å². The van der Waals surface area contributed by atoms with Crippen LogP contribution in [0.15, 0.2) is 21.8 Å². The van der Waals surface area contributed by atoms with E-state index in [-0.39, 0.29) is 5.96 Å². The van der Waals surface area contributed by atoms with Crippen LogP contribution in [0.5, 0.6) is 0 Å². The van der Waals surface area contributed by atoms with Crippen molar-refractivity contribution in [1.29, 1.82) is 0 Å². The van der Waals surface area contributed by atoms with E-state index in [9.17, 15) is 0 Å². The lowest BCUT2D eigenvalue weighted by molar-refractivity contribution is 1.01. The monoisotopic (exact) mass is 156 g/mol. The molecule has 0 bridgehead atoms. The zero-order chi connectivity index (χ0) is 7.40. The number of nitrogens with one attached hydrogen (secondary N) is 1. The highest BCUT2D eigenvalue weighted by Gasteiger charge is 1.88. The first kappa shape index (κ1) is 7.04. The number of guanidine groups is 1. The number of thiophene rings is 1. The lowest BCUT2D eigenvalue weighted by Gasteiger charge is -1.94. The minimum Gasteiger partial charge on any atom is -0.369 e. The van der Waals surface area contributed by atoms with E-state index in [0.717, 1.165) is 5.69 Å². The van der Waals surface area contributed by atoms with Crippen molar-refractivity contribution in [3.8, 4) is 0 Å². The van der Waals surface area contributed by atoms with Crippen LogP contribution in [-0.2, 0) is 0 Å². The molecular formula is C5H8N4S. The molecule has 0 aromatic carbocycles. The molecular weight excluding hydrogens is 148 g/mol. The normalized spacial score (nSPS) is 11.5. The number of aliphatic imine (C=N–C) groups is 1. The Kier molecular flexibility index (Phi) is 2.24. The second-order valence-electron chi connectivity index (χ2n) is 1.62. The molecule has 0 saturated carbocycles. The third-order valence-electron chi connectivity index (χ3n) is 0.904. The van der Waals surface area contributed by atoms with Crippen LogP contribution < -0.4 is 17.0 Å². The number of rotatable bonds is 1. The summed E-state index contributed by atoms with van der Waals surface area (Å²) in [5.41, 5.74) is 8.34. The highest BCUT2D eigenvalue weighted by molar-refractivity contribution is 7.08. The molecule has 5 N–H and O–H groups in total. The Hall–Kier alpha value is -1.07. The van der Waals surface area contributed by atoms with E-state index >= 15 is 0 Å². The third-order valence-corrected chi connectivity index (χ3v) is 1.57. The smallest absolute Gasteiger partial charge is 0.208 e. The lowest BCUT2D eigenvalue weighted by atomic mass is 10.5. The SMILES string of the molecule is NNC(N)=Nc1ccsc1. The molecule has 0 aliphatic heterocycles. The fourth-order valence-corrected chi connectivity index (χ4v) is 1.06. The lowest BCUT2D eigenvalue weighted by Crippen LogP contribution is -2.36. The molecule has 4 nitrogen and oxygen atoms in total. The number of hydrogen-bond acceptors (Lipinski definition) is 3. The fraction of sp³-hybridized carbons (Fsp3) is 0. The van der Waals surface area contributed by atoms with Crippen molar-refractivity contribution in [2.45, 2.75) is 0 Å². The van der Waals surface area contributed by atoms with Gasteiger partial charge in [0.15, 0.2) is 0 Å². The summed E-state index contributed by atoms with van der Waals surface area (Å²) in [7, 11) is 0. The Morgan fingerprint density at radius 1 is 1.70 bits per heavy atom. The van der Waals surface area contributed by atoms with E-state index in [4.69, 9.17) is 11.6 Å². The highest BCUT2D eigenvalue weighted by Crippen LogP contribution is 2.14. The van der Waals surface area contributed by atoms with Crippen LogP contribution in [0, 0.1) is 0 Å². The van der Waals surface area contributed by atoms with Crippen LogP contribution in [0.25, 0.3) is 0 Å². The molecule has 10 heavy (non-hydrogen) atoms. The summed E-state index contributed by atoms with van der Waals surface area (Å²) in [5, 5.41) is 3.80. The largest absolute Gasteiger partial charge is 0.369 e. The number of nitrogens with zero attached hydrogens (tertiary/aromatic N) is 1. The molecule has 1 heterocycles. The second kappa shape index (κ2) is 3.19. The van der Waals surface area contributed by atoms with E-state index in [1.54, 1.807) is 11.3 Å². The maximum Gasteiger partial charge on any atom is 0.208 e. The molecule has 0 spiro atoms. The highest BCUT2D eigenvalue weighted by atomic mass is 32.1. The van der Waals surface area contributed by atoms with Gasteiger partial charge in [-0.05, 0) is 11.4 Å². The van der Waals surface area contributed by atoms with Crippen LogP contribution in [0.1, 0.15) is 0 Å². The summed E-state index contributed by atoms with van der Waals surface area (Å²) in [6.07, 6.45) is 0. The molecule has 0 unspecified atom stereocenters. The third kappa shape index (κ3) is 1.71. The average Bonchev–Trinajstić information content (AvgIpc) is 2.40. The predicted octanol–water partition coefficient (Wildman–Crippen LogP) is 0.158. The van der Waals surface area contributed by atoms with Gasteiger partial charge in [-0.2, -0.15) is 11.3 Å². The Morgan fingerprint density at radius 2 is 2.50 bits per heavy atom.